The third-order valence-electron chi connectivity index (χ3n) is 5.44. The summed E-state index contributed by atoms with van der Waals surface area (Å²) in [6, 6.07) is 0. The van der Waals surface area contributed by atoms with Crippen LogP contribution in [0.15, 0.2) is 0 Å². The maximum atomic E-state index is 13.0. The predicted octanol–water partition coefficient (Wildman–Crippen LogP) is 2.39. The van der Waals surface area contributed by atoms with Gasteiger partial charge < -0.3 is 20.9 Å². The summed E-state index contributed by atoms with van der Waals surface area (Å²) in [4.78, 5) is 26.1. The second kappa shape index (κ2) is 5.81. The number of thiophene rings is 1. The van der Waals surface area contributed by atoms with E-state index in [2.05, 4.69) is 17.2 Å². The molecule has 0 saturated heterocycles. The topological polar surface area (TPSA) is 102 Å². The highest BCUT2D eigenvalue weighted by molar-refractivity contribution is 7.17. The number of hydrogen-bond acceptors (Lipinski definition) is 5. The minimum Gasteiger partial charge on any atom is -0.394 e. The van der Waals surface area contributed by atoms with Gasteiger partial charge in [0.05, 0.1) is 28.8 Å². The molecule has 1 aliphatic carbocycles. The minimum absolute atomic E-state index is 0.325. The van der Waals surface area contributed by atoms with Crippen molar-refractivity contribution in [3.8, 4) is 11.8 Å². The number of aliphatic hydroxyl groups excluding tert-OH is 1. The molecule has 2 amide bonds. The zero-order chi connectivity index (χ0) is 20.4. The molecule has 27 heavy (non-hydrogen) atoms. The average Bonchev–Trinajstić information content (AvgIpc) is 2.84. The Morgan fingerprint density at radius 1 is 1.22 bits per heavy atom. The van der Waals surface area contributed by atoms with Crippen LogP contribution in [0.1, 0.15) is 62.3 Å². The Bertz CT molecular complexity index is 901. The first-order valence-corrected chi connectivity index (χ1v) is 9.71. The van der Waals surface area contributed by atoms with E-state index in [-0.39, 0.29) is 0 Å². The lowest BCUT2D eigenvalue weighted by Gasteiger charge is -2.42. The van der Waals surface area contributed by atoms with Crippen LogP contribution in [0.3, 0.4) is 0 Å². The van der Waals surface area contributed by atoms with E-state index < -0.39 is 40.5 Å². The van der Waals surface area contributed by atoms with Crippen molar-refractivity contribution in [2.45, 2.75) is 59.2 Å². The fraction of sp³-hybridized carbons (Fsp3) is 0.600. The van der Waals surface area contributed by atoms with Crippen molar-refractivity contribution in [1.29, 1.82) is 0 Å². The van der Waals surface area contributed by atoms with Crippen LogP contribution in [0.5, 0.6) is 0 Å². The van der Waals surface area contributed by atoms with E-state index in [4.69, 9.17) is 10.5 Å². The first-order valence-electron chi connectivity index (χ1n) is 8.89. The van der Waals surface area contributed by atoms with Crippen molar-refractivity contribution in [3.05, 3.63) is 16.0 Å². The minimum atomic E-state index is -1.20. The number of carbonyl (C=O) groups excluding carboxylic acids is 2. The monoisotopic (exact) mass is 390 g/mol. The number of carbonyl (C=O) groups is 2. The van der Waals surface area contributed by atoms with Crippen molar-refractivity contribution in [1.82, 2.24) is 0 Å². The summed E-state index contributed by atoms with van der Waals surface area (Å²) in [6.45, 7) is 11.0. The van der Waals surface area contributed by atoms with Gasteiger partial charge in [-0.1, -0.05) is 11.8 Å². The molecule has 2 heterocycles. The first-order chi connectivity index (χ1) is 12.3. The molecule has 1 aromatic rings. The Labute approximate surface area is 163 Å². The smallest absolute Gasteiger partial charge is 0.251 e. The molecule has 4 N–H and O–H groups in total. The first kappa shape index (κ1) is 19.9. The Morgan fingerprint density at radius 3 is 2.30 bits per heavy atom. The summed E-state index contributed by atoms with van der Waals surface area (Å²) in [5.74, 6) is 4.72. The number of primary amides is 1. The van der Waals surface area contributed by atoms with E-state index in [9.17, 15) is 14.7 Å². The number of aliphatic hydroxyl groups is 1. The lowest BCUT2D eigenvalue weighted by atomic mass is 9.59. The van der Waals surface area contributed by atoms with E-state index in [1.165, 1.54) is 11.3 Å². The van der Waals surface area contributed by atoms with E-state index in [1.807, 2.05) is 41.5 Å². The van der Waals surface area contributed by atoms with Crippen molar-refractivity contribution in [2.75, 3.05) is 11.9 Å². The van der Waals surface area contributed by atoms with Crippen molar-refractivity contribution in [3.63, 3.8) is 0 Å². The highest BCUT2D eigenvalue weighted by atomic mass is 32.1. The normalized spacial score (nSPS) is 26.2. The average molecular weight is 391 g/mol. The molecule has 0 bridgehead atoms. The van der Waals surface area contributed by atoms with Gasteiger partial charge in [0.2, 0.25) is 5.91 Å². The van der Waals surface area contributed by atoms with Crippen LogP contribution in [0.4, 0.5) is 5.00 Å². The Hall–Kier alpha value is -1.88. The van der Waals surface area contributed by atoms with Crippen LogP contribution in [0, 0.1) is 22.7 Å². The zero-order valence-electron chi connectivity index (χ0n) is 16.6. The third-order valence-corrected chi connectivity index (χ3v) is 6.89. The molecule has 6 nitrogen and oxygen atoms in total. The van der Waals surface area contributed by atoms with Crippen molar-refractivity contribution < 1.29 is 19.4 Å². The molecular weight excluding hydrogens is 364 g/mol. The van der Waals surface area contributed by atoms with Gasteiger partial charge in [0.15, 0.2) is 0 Å². The summed E-state index contributed by atoms with van der Waals surface area (Å²) in [6.07, 6.45) is 0.521. The molecule has 7 heteroatoms. The van der Waals surface area contributed by atoms with E-state index >= 15 is 0 Å². The highest BCUT2D eigenvalue weighted by Gasteiger charge is 2.54. The molecule has 1 aromatic heterocycles. The number of nitrogens with two attached hydrogens (primary N) is 1. The molecule has 1 atom stereocenters. The standard InChI is InChI=1S/C20H26N2O4S/c1-17(2)7-8-20(17,10-23)16(25)22-15-12(14(21)24)11-9-18(3,4)26-19(5,6)13(11)27-15/h23H,9-10H2,1-6H3,(H2,21,24)(H,22,25)/t20-/m1/s1. The number of anilines is 1. The molecule has 146 valence electrons. The molecular formula is C20H26N2O4S. The second-order valence-corrected chi connectivity index (χ2v) is 9.94. The number of rotatable bonds is 4. The Balaban J connectivity index is 2.06. The van der Waals surface area contributed by atoms with Crippen LogP contribution in [-0.4, -0.2) is 29.1 Å². The molecule has 0 spiro atoms. The fourth-order valence-electron chi connectivity index (χ4n) is 3.99. The van der Waals surface area contributed by atoms with Gasteiger partial charge in [-0.15, -0.1) is 11.3 Å². The van der Waals surface area contributed by atoms with Gasteiger partial charge in [-0.25, -0.2) is 0 Å². The SMILES string of the molecule is CC1(C)Cc2c(sc(NC(=O)[C@]3(CO)C#CC3(C)C)c2C(N)=O)C(C)(C)O1. The van der Waals surface area contributed by atoms with Gasteiger partial charge in [-0.3, -0.25) is 9.59 Å². The van der Waals surface area contributed by atoms with E-state index in [1.54, 1.807) is 0 Å². The van der Waals surface area contributed by atoms with Gasteiger partial charge >= 0.3 is 0 Å². The molecule has 0 radical (unpaired) electrons. The van der Waals surface area contributed by atoms with Crippen LogP contribution in [0.2, 0.25) is 0 Å². The summed E-state index contributed by atoms with van der Waals surface area (Å²) in [5.41, 5.74) is 3.90. The number of ether oxygens (including phenoxy) is 1. The highest BCUT2D eigenvalue weighted by Crippen LogP contribution is 2.50. The van der Waals surface area contributed by atoms with Gasteiger partial charge in [0.1, 0.15) is 10.4 Å². The maximum absolute atomic E-state index is 13.0. The lowest BCUT2D eigenvalue weighted by molar-refractivity contribution is -0.135. The summed E-state index contributed by atoms with van der Waals surface area (Å²) < 4.78 is 6.18. The number of fused-ring (bicyclic) bond motifs is 1. The zero-order valence-corrected chi connectivity index (χ0v) is 17.4. The molecule has 1 aliphatic heterocycles. The third kappa shape index (κ3) is 2.87. The van der Waals surface area contributed by atoms with Crippen molar-refractivity contribution >= 4 is 28.2 Å². The van der Waals surface area contributed by atoms with Gasteiger partial charge in [-0.2, -0.15) is 0 Å². The van der Waals surface area contributed by atoms with E-state index in [0.717, 1.165) is 10.4 Å². The summed E-state index contributed by atoms with van der Waals surface area (Å²) in [7, 11) is 0. The Kier molecular flexibility index (Phi) is 4.27. The number of amides is 2. The number of hydrogen-bond donors (Lipinski definition) is 3. The molecule has 0 unspecified atom stereocenters. The maximum Gasteiger partial charge on any atom is 0.251 e. The Morgan fingerprint density at radius 2 is 1.85 bits per heavy atom. The van der Waals surface area contributed by atoms with Gasteiger partial charge in [0, 0.05) is 11.3 Å². The summed E-state index contributed by atoms with van der Waals surface area (Å²) >= 11 is 1.30. The lowest BCUT2D eigenvalue weighted by Crippen LogP contribution is -2.53. The fourth-order valence-corrected chi connectivity index (χ4v) is 5.25. The van der Waals surface area contributed by atoms with Gasteiger partial charge in [-0.05, 0) is 47.1 Å². The van der Waals surface area contributed by atoms with Crippen LogP contribution in [0.25, 0.3) is 0 Å². The molecule has 3 rings (SSSR count). The van der Waals surface area contributed by atoms with Crippen LogP contribution in [-0.2, 0) is 21.6 Å². The molecule has 2 aliphatic rings. The molecule has 0 fully saturated rings. The molecule has 0 saturated carbocycles. The second-order valence-electron chi connectivity index (χ2n) is 8.92. The van der Waals surface area contributed by atoms with E-state index in [0.29, 0.717) is 17.0 Å². The molecule has 0 aromatic carbocycles. The van der Waals surface area contributed by atoms with Gasteiger partial charge in [0.25, 0.3) is 5.91 Å². The number of nitrogens with one attached hydrogen (secondary N) is 1. The van der Waals surface area contributed by atoms with Crippen LogP contribution >= 0.6 is 11.3 Å². The quantitative estimate of drug-likeness (QED) is 0.687. The van der Waals surface area contributed by atoms with Crippen LogP contribution < -0.4 is 11.1 Å². The largest absolute Gasteiger partial charge is 0.394 e. The summed E-state index contributed by atoms with van der Waals surface area (Å²) in [5, 5.41) is 13.1. The van der Waals surface area contributed by atoms with Crippen molar-refractivity contribution in [2.24, 2.45) is 16.6 Å². The predicted molar refractivity (Wildman–Crippen MR) is 104 cm³/mol.